The number of methoxy groups -OCH3 is 1. The summed E-state index contributed by atoms with van der Waals surface area (Å²) in [6, 6.07) is 1.82. The minimum atomic E-state index is -0.544. The predicted octanol–water partition coefficient (Wildman–Crippen LogP) is 1.94. The number of aliphatic hydroxyl groups is 1. The molecule has 0 amide bonds. The summed E-state index contributed by atoms with van der Waals surface area (Å²) in [7, 11) is 1.62. The number of pyridine rings is 1. The lowest BCUT2D eigenvalue weighted by atomic mass is 10.1. The van der Waals surface area contributed by atoms with E-state index in [1.807, 2.05) is 13.0 Å². The van der Waals surface area contributed by atoms with Gasteiger partial charge in [0.05, 0.1) is 18.9 Å². The third-order valence-electron chi connectivity index (χ3n) is 2.19. The molecule has 0 spiro atoms. The second-order valence-electron chi connectivity index (χ2n) is 3.60. The van der Waals surface area contributed by atoms with Crippen molar-refractivity contribution >= 4 is 0 Å². The SMILES string of the molecule is CCCOc1cncc(C(O)CCOC)c1. The van der Waals surface area contributed by atoms with Crippen molar-refractivity contribution in [3.63, 3.8) is 0 Å². The number of nitrogens with zero attached hydrogens (tertiary/aromatic N) is 1. The van der Waals surface area contributed by atoms with Crippen LogP contribution < -0.4 is 4.74 Å². The van der Waals surface area contributed by atoms with Crippen molar-refractivity contribution in [3.05, 3.63) is 24.0 Å². The lowest BCUT2D eigenvalue weighted by Gasteiger charge is -2.11. The molecule has 90 valence electrons. The first-order chi connectivity index (χ1) is 7.77. The quantitative estimate of drug-likeness (QED) is 0.770. The van der Waals surface area contributed by atoms with Gasteiger partial charge in [0.25, 0.3) is 0 Å². The third kappa shape index (κ3) is 4.16. The number of ether oxygens (including phenoxy) is 2. The zero-order valence-electron chi connectivity index (χ0n) is 9.85. The maximum absolute atomic E-state index is 9.83. The van der Waals surface area contributed by atoms with Crippen LogP contribution in [0.1, 0.15) is 31.4 Å². The largest absolute Gasteiger partial charge is 0.492 e. The van der Waals surface area contributed by atoms with Gasteiger partial charge in [-0.1, -0.05) is 6.92 Å². The fraction of sp³-hybridized carbons (Fsp3) is 0.583. The second-order valence-corrected chi connectivity index (χ2v) is 3.60. The van der Waals surface area contributed by atoms with E-state index in [4.69, 9.17) is 9.47 Å². The summed E-state index contributed by atoms with van der Waals surface area (Å²) in [4.78, 5) is 4.04. The normalized spacial score (nSPS) is 12.4. The lowest BCUT2D eigenvalue weighted by molar-refractivity contribution is 0.110. The summed E-state index contributed by atoms with van der Waals surface area (Å²) in [6.45, 7) is 3.24. The minimum absolute atomic E-state index is 0.529. The van der Waals surface area contributed by atoms with Crippen LogP contribution in [0.15, 0.2) is 18.5 Å². The van der Waals surface area contributed by atoms with Crippen LogP contribution in [-0.2, 0) is 4.74 Å². The van der Waals surface area contributed by atoms with Gasteiger partial charge in [-0.25, -0.2) is 0 Å². The van der Waals surface area contributed by atoms with Gasteiger partial charge in [0.15, 0.2) is 0 Å². The number of rotatable bonds is 7. The van der Waals surface area contributed by atoms with Gasteiger partial charge in [-0.15, -0.1) is 0 Å². The average Bonchev–Trinajstić information content (AvgIpc) is 2.33. The average molecular weight is 225 g/mol. The molecule has 0 aliphatic rings. The molecule has 16 heavy (non-hydrogen) atoms. The Labute approximate surface area is 96.2 Å². The van der Waals surface area contributed by atoms with Crippen LogP contribution in [0.5, 0.6) is 5.75 Å². The smallest absolute Gasteiger partial charge is 0.137 e. The minimum Gasteiger partial charge on any atom is -0.492 e. The molecule has 0 aliphatic heterocycles. The maximum atomic E-state index is 9.83. The van der Waals surface area contributed by atoms with Crippen LogP contribution in [0.4, 0.5) is 0 Å². The predicted molar refractivity (Wildman–Crippen MR) is 61.5 cm³/mol. The van der Waals surface area contributed by atoms with Crippen LogP contribution in [0.3, 0.4) is 0 Å². The Bertz CT molecular complexity index is 304. The van der Waals surface area contributed by atoms with Crippen LogP contribution in [0.25, 0.3) is 0 Å². The van der Waals surface area contributed by atoms with Gasteiger partial charge in [0.1, 0.15) is 5.75 Å². The number of aliphatic hydroxyl groups excluding tert-OH is 1. The van der Waals surface area contributed by atoms with E-state index in [1.54, 1.807) is 19.5 Å². The first-order valence-corrected chi connectivity index (χ1v) is 5.52. The third-order valence-corrected chi connectivity index (χ3v) is 2.19. The van der Waals surface area contributed by atoms with E-state index >= 15 is 0 Å². The Balaban J connectivity index is 2.58. The molecule has 0 radical (unpaired) electrons. The molecule has 1 heterocycles. The Hall–Kier alpha value is -1.13. The van der Waals surface area contributed by atoms with Crippen molar-refractivity contribution in [2.75, 3.05) is 20.3 Å². The van der Waals surface area contributed by atoms with Gasteiger partial charge >= 0.3 is 0 Å². The molecular weight excluding hydrogens is 206 g/mol. The van der Waals surface area contributed by atoms with E-state index < -0.39 is 6.10 Å². The van der Waals surface area contributed by atoms with Crippen molar-refractivity contribution < 1.29 is 14.6 Å². The summed E-state index contributed by atoms with van der Waals surface area (Å²) < 4.78 is 10.4. The van der Waals surface area contributed by atoms with E-state index in [1.165, 1.54) is 0 Å². The molecule has 0 saturated heterocycles. The number of hydrogen-bond donors (Lipinski definition) is 1. The molecule has 0 aromatic carbocycles. The lowest BCUT2D eigenvalue weighted by Crippen LogP contribution is -2.03. The molecule has 1 rings (SSSR count). The van der Waals surface area contributed by atoms with Gasteiger partial charge in [-0.3, -0.25) is 4.98 Å². The van der Waals surface area contributed by atoms with Crippen molar-refractivity contribution in [3.8, 4) is 5.75 Å². The molecule has 1 N–H and O–H groups in total. The highest BCUT2D eigenvalue weighted by Gasteiger charge is 2.08. The Morgan fingerprint density at radius 1 is 1.38 bits per heavy atom. The monoisotopic (exact) mass is 225 g/mol. The standard InChI is InChI=1S/C12H19NO3/c1-3-5-16-11-7-10(8-13-9-11)12(14)4-6-15-2/h7-9,12,14H,3-6H2,1-2H3. The zero-order chi connectivity index (χ0) is 11.8. The molecule has 1 aromatic heterocycles. The molecule has 4 heteroatoms. The Morgan fingerprint density at radius 2 is 2.19 bits per heavy atom. The first-order valence-electron chi connectivity index (χ1n) is 5.52. The highest BCUT2D eigenvalue weighted by molar-refractivity contribution is 5.25. The van der Waals surface area contributed by atoms with E-state index in [2.05, 4.69) is 4.98 Å². The van der Waals surface area contributed by atoms with Crippen molar-refractivity contribution in [1.82, 2.24) is 4.98 Å². The molecule has 1 aromatic rings. The Kier molecular flexibility index (Phi) is 5.82. The van der Waals surface area contributed by atoms with Gasteiger partial charge in [-0.2, -0.15) is 0 Å². The summed E-state index contributed by atoms with van der Waals surface area (Å²) in [6.07, 6.45) is 4.28. The first kappa shape index (κ1) is 12.9. The second kappa shape index (κ2) is 7.19. The summed E-state index contributed by atoms with van der Waals surface area (Å²) in [5.74, 6) is 0.704. The maximum Gasteiger partial charge on any atom is 0.137 e. The topological polar surface area (TPSA) is 51.6 Å². The molecule has 1 unspecified atom stereocenters. The molecule has 4 nitrogen and oxygen atoms in total. The molecule has 0 saturated carbocycles. The summed E-state index contributed by atoms with van der Waals surface area (Å²) in [5, 5.41) is 9.83. The van der Waals surface area contributed by atoms with Crippen LogP contribution in [0, 0.1) is 0 Å². The fourth-order valence-corrected chi connectivity index (χ4v) is 1.31. The highest BCUT2D eigenvalue weighted by Crippen LogP contribution is 2.20. The highest BCUT2D eigenvalue weighted by atomic mass is 16.5. The van der Waals surface area contributed by atoms with E-state index in [9.17, 15) is 5.11 Å². The van der Waals surface area contributed by atoms with Gasteiger partial charge in [0.2, 0.25) is 0 Å². The van der Waals surface area contributed by atoms with Crippen molar-refractivity contribution in [2.24, 2.45) is 0 Å². The van der Waals surface area contributed by atoms with E-state index in [0.717, 1.165) is 12.0 Å². The molecule has 1 atom stereocenters. The van der Waals surface area contributed by atoms with Gasteiger partial charge < -0.3 is 14.6 Å². The van der Waals surface area contributed by atoms with Gasteiger partial charge in [0, 0.05) is 31.9 Å². The van der Waals surface area contributed by atoms with E-state index in [-0.39, 0.29) is 0 Å². The fourth-order valence-electron chi connectivity index (χ4n) is 1.31. The van der Waals surface area contributed by atoms with Crippen molar-refractivity contribution in [1.29, 1.82) is 0 Å². The molecular formula is C12H19NO3. The van der Waals surface area contributed by atoms with Crippen LogP contribution >= 0.6 is 0 Å². The molecule has 0 bridgehead atoms. The van der Waals surface area contributed by atoms with Crippen molar-refractivity contribution in [2.45, 2.75) is 25.9 Å². The van der Waals surface area contributed by atoms with E-state index in [0.29, 0.717) is 25.4 Å². The van der Waals surface area contributed by atoms with Crippen LogP contribution in [-0.4, -0.2) is 30.4 Å². The molecule has 0 aliphatic carbocycles. The number of hydrogen-bond acceptors (Lipinski definition) is 4. The van der Waals surface area contributed by atoms with Gasteiger partial charge in [-0.05, 0) is 12.5 Å². The zero-order valence-corrected chi connectivity index (χ0v) is 9.85. The van der Waals surface area contributed by atoms with Crippen LogP contribution in [0.2, 0.25) is 0 Å². The summed E-state index contributed by atoms with van der Waals surface area (Å²) >= 11 is 0. The number of aromatic nitrogens is 1. The summed E-state index contributed by atoms with van der Waals surface area (Å²) in [5.41, 5.74) is 0.769. The molecule has 0 fully saturated rings. The Morgan fingerprint density at radius 3 is 2.88 bits per heavy atom.